The van der Waals surface area contributed by atoms with Crippen LogP contribution in [0.15, 0.2) is 48.8 Å². The van der Waals surface area contributed by atoms with Crippen molar-refractivity contribution in [1.82, 2.24) is 15.3 Å². The van der Waals surface area contributed by atoms with Gasteiger partial charge >= 0.3 is 0 Å². The first-order chi connectivity index (χ1) is 11.2. The van der Waals surface area contributed by atoms with Gasteiger partial charge in [-0.3, -0.25) is 0 Å². The highest BCUT2D eigenvalue weighted by Gasteiger charge is 2.08. The molecule has 1 aromatic heterocycles. The first-order valence-corrected chi connectivity index (χ1v) is 7.71. The molecule has 6 heteroatoms. The van der Waals surface area contributed by atoms with Crippen LogP contribution in [0.2, 0.25) is 0 Å². The molecule has 3 rings (SSSR count). The van der Waals surface area contributed by atoms with Crippen molar-refractivity contribution in [3.05, 3.63) is 54.4 Å². The van der Waals surface area contributed by atoms with E-state index in [9.17, 15) is 0 Å². The van der Waals surface area contributed by atoms with Crippen LogP contribution >= 0.6 is 12.2 Å². The molecule has 0 fully saturated rings. The Labute approximate surface area is 140 Å². The van der Waals surface area contributed by atoms with E-state index in [0.717, 1.165) is 28.0 Å². The van der Waals surface area contributed by atoms with Gasteiger partial charge < -0.3 is 20.4 Å². The molecule has 0 saturated heterocycles. The Hall–Kier alpha value is -2.60. The van der Waals surface area contributed by atoms with Crippen LogP contribution in [-0.4, -0.2) is 22.2 Å². The monoisotopic (exact) mass is 326 g/mol. The molecular weight excluding hydrogens is 308 g/mol. The second kappa shape index (κ2) is 6.66. The lowest BCUT2D eigenvalue weighted by molar-refractivity contribution is 0.414. The van der Waals surface area contributed by atoms with E-state index in [-0.39, 0.29) is 6.04 Å². The molecule has 0 bridgehead atoms. The van der Waals surface area contributed by atoms with E-state index >= 15 is 0 Å². The molecule has 2 aromatic carbocycles. The fourth-order valence-corrected chi connectivity index (χ4v) is 2.65. The molecule has 3 N–H and O–H groups in total. The normalized spacial score (nSPS) is 11.9. The van der Waals surface area contributed by atoms with Crippen LogP contribution in [0, 0.1) is 0 Å². The lowest BCUT2D eigenvalue weighted by Crippen LogP contribution is -2.30. The van der Waals surface area contributed by atoms with Crippen LogP contribution in [0.5, 0.6) is 5.75 Å². The Balaban J connectivity index is 1.63. The van der Waals surface area contributed by atoms with Crippen LogP contribution in [0.3, 0.4) is 0 Å². The molecule has 0 saturated carbocycles. The minimum Gasteiger partial charge on any atom is -0.497 e. The number of nitrogens with one attached hydrogen (secondary N) is 3. The molecule has 0 amide bonds. The highest BCUT2D eigenvalue weighted by molar-refractivity contribution is 7.80. The van der Waals surface area contributed by atoms with Crippen molar-refractivity contribution in [2.75, 3.05) is 12.4 Å². The van der Waals surface area contributed by atoms with E-state index in [1.807, 2.05) is 42.5 Å². The highest BCUT2D eigenvalue weighted by atomic mass is 32.1. The number of benzene rings is 2. The van der Waals surface area contributed by atoms with E-state index in [1.54, 1.807) is 13.4 Å². The number of rotatable bonds is 4. The number of hydrogen-bond acceptors (Lipinski definition) is 3. The molecule has 0 aliphatic carbocycles. The van der Waals surface area contributed by atoms with Crippen molar-refractivity contribution in [3.8, 4) is 5.75 Å². The molecule has 0 aliphatic heterocycles. The predicted octanol–water partition coefficient (Wildman–Crippen LogP) is 3.62. The maximum Gasteiger partial charge on any atom is 0.171 e. The third kappa shape index (κ3) is 3.60. The standard InChI is InChI=1S/C17H18N4OS/c1-11(12-3-6-14(22-2)7-4-12)20-17(23)21-13-5-8-15-16(9-13)19-10-18-15/h3-11H,1-2H3,(H,18,19)(H2,20,21,23). The Bertz CT molecular complexity index is 813. The number of anilines is 1. The molecule has 1 unspecified atom stereocenters. The summed E-state index contributed by atoms with van der Waals surface area (Å²) in [6.45, 7) is 2.06. The summed E-state index contributed by atoms with van der Waals surface area (Å²) >= 11 is 5.39. The zero-order valence-electron chi connectivity index (χ0n) is 13.0. The summed E-state index contributed by atoms with van der Waals surface area (Å²) < 4.78 is 5.17. The highest BCUT2D eigenvalue weighted by Crippen LogP contribution is 2.18. The number of ether oxygens (including phenoxy) is 1. The Kier molecular flexibility index (Phi) is 4.43. The Morgan fingerprint density at radius 1 is 1.22 bits per heavy atom. The number of hydrogen-bond donors (Lipinski definition) is 3. The summed E-state index contributed by atoms with van der Waals surface area (Å²) in [6.07, 6.45) is 1.68. The van der Waals surface area contributed by atoms with Crippen LogP contribution in [0.25, 0.3) is 11.0 Å². The Morgan fingerprint density at radius 3 is 2.74 bits per heavy atom. The van der Waals surface area contributed by atoms with Gasteiger partial charge in [0.05, 0.1) is 30.5 Å². The molecule has 3 aromatic rings. The van der Waals surface area contributed by atoms with Crippen LogP contribution in [0.1, 0.15) is 18.5 Å². The maximum absolute atomic E-state index is 5.39. The number of fused-ring (bicyclic) bond motifs is 1. The number of nitrogens with zero attached hydrogens (tertiary/aromatic N) is 1. The predicted molar refractivity (Wildman–Crippen MR) is 96.9 cm³/mol. The quantitative estimate of drug-likeness (QED) is 0.639. The van der Waals surface area contributed by atoms with Gasteiger partial charge in [-0.15, -0.1) is 0 Å². The minimum atomic E-state index is 0.0943. The van der Waals surface area contributed by atoms with E-state index in [0.29, 0.717) is 5.11 Å². The minimum absolute atomic E-state index is 0.0943. The van der Waals surface area contributed by atoms with Crippen molar-refractivity contribution in [2.24, 2.45) is 0 Å². The van der Waals surface area contributed by atoms with Crippen molar-refractivity contribution in [1.29, 1.82) is 0 Å². The van der Waals surface area contributed by atoms with Gasteiger partial charge in [0.25, 0.3) is 0 Å². The van der Waals surface area contributed by atoms with Gasteiger partial charge in [0.15, 0.2) is 5.11 Å². The second-order valence-corrected chi connectivity index (χ2v) is 5.64. The second-order valence-electron chi connectivity index (χ2n) is 5.23. The Morgan fingerprint density at radius 2 is 2.00 bits per heavy atom. The third-order valence-electron chi connectivity index (χ3n) is 3.64. The van der Waals surface area contributed by atoms with Crippen molar-refractivity contribution >= 4 is 34.1 Å². The zero-order valence-corrected chi connectivity index (χ0v) is 13.8. The lowest BCUT2D eigenvalue weighted by Gasteiger charge is -2.17. The number of imidazole rings is 1. The van der Waals surface area contributed by atoms with Crippen LogP contribution < -0.4 is 15.4 Å². The first kappa shape index (κ1) is 15.3. The third-order valence-corrected chi connectivity index (χ3v) is 3.86. The molecule has 0 spiro atoms. The average Bonchev–Trinajstić information content (AvgIpc) is 3.02. The molecule has 118 valence electrons. The fraction of sp³-hybridized carbons (Fsp3) is 0.176. The van der Waals surface area contributed by atoms with Gasteiger partial charge in [-0.05, 0) is 55.0 Å². The summed E-state index contributed by atoms with van der Waals surface area (Å²) in [4.78, 5) is 7.28. The number of H-pyrrole nitrogens is 1. The van der Waals surface area contributed by atoms with Crippen LogP contribution in [-0.2, 0) is 0 Å². The van der Waals surface area contributed by atoms with Crippen LogP contribution in [0.4, 0.5) is 5.69 Å². The lowest BCUT2D eigenvalue weighted by atomic mass is 10.1. The zero-order chi connectivity index (χ0) is 16.2. The summed E-state index contributed by atoms with van der Waals surface area (Å²) in [6, 6.07) is 13.9. The van der Waals surface area contributed by atoms with E-state index in [1.165, 1.54) is 0 Å². The first-order valence-electron chi connectivity index (χ1n) is 7.30. The van der Waals surface area contributed by atoms with E-state index in [4.69, 9.17) is 17.0 Å². The largest absolute Gasteiger partial charge is 0.497 e. The van der Waals surface area contributed by atoms with Gasteiger partial charge in [0.1, 0.15) is 5.75 Å². The van der Waals surface area contributed by atoms with E-state index < -0.39 is 0 Å². The van der Waals surface area contributed by atoms with Crippen molar-refractivity contribution in [2.45, 2.75) is 13.0 Å². The molecule has 1 heterocycles. The summed E-state index contributed by atoms with van der Waals surface area (Å²) in [7, 11) is 1.66. The summed E-state index contributed by atoms with van der Waals surface area (Å²) in [5.74, 6) is 0.842. The molecular formula is C17H18N4OS. The van der Waals surface area contributed by atoms with Gasteiger partial charge in [-0.1, -0.05) is 12.1 Å². The molecule has 5 nitrogen and oxygen atoms in total. The number of methoxy groups -OCH3 is 1. The molecule has 1 atom stereocenters. The van der Waals surface area contributed by atoms with Gasteiger partial charge in [0.2, 0.25) is 0 Å². The SMILES string of the molecule is COc1ccc(C(C)NC(=S)Nc2ccc3nc[nH]c3c2)cc1. The molecule has 0 aliphatic rings. The van der Waals surface area contributed by atoms with Gasteiger partial charge in [0, 0.05) is 5.69 Å². The fourth-order valence-electron chi connectivity index (χ4n) is 2.35. The molecule has 23 heavy (non-hydrogen) atoms. The van der Waals surface area contributed by atoms with E-state index in [2.05, 4.69) is 27.5 Å². The van der Waals surface area contributed by atoms with Crippen molar-refractivity contribution < 1.29 is 4.74 Å². The maximum atomic E-state index is 5.39. The number of aromatic nitrogens is 2. The average molecular weight is 326 g/mol. The van der Waals surface area contributed by atoms with Gasteiger partial charge in [-0.25, -0.2) is 4.98 Å². The smallest absolute Gasteiger partial charge is 0.171 e. The van der Waals surface area contributed by atoms with Crippen molar-refractivity contribution in [3.63, 3.8) is 0 Å². The molecule has 0 radical (unpaired) electrons. The van der Waals surface area contributed by atoms with Gasteiger partial charge in [-0.2, -0.15) is 0 Å². The number of thiocarbonyl (C=S) groups is 1. The summed E-state index contributed by atoms with van der Waals surface area (Å²) in [5, 5.41) is 7.05. The number of aromatic amines is 1. The summed E-state index contributed by atoms with van der Waals surface area (Å²) in [5.41, 5.74) is 3.96. The topological polar surface area (TPSA) is 62.0 Å².